The molecule has 0 bridgehead atoms. The fourth-order valence-electron chi connectivity index (χ4n) is 2.28. The maximum absolute atomic E-state index is 11.4. The first-order valence-corrected chi connectivity index (χ1v) is 8.05. The Morgan fingerprint density at radius 3 is 1.78 bits per heavy atom. The molecule has 0 unspecified atom stereocenters. The molecule has 3 N–H and O–H groups in total. The van der Waals surface area contributed by atoms with Crippen LogP contribution in [0.3, 0.4) is 0 Å². The molecule has 1 heterocycles. The summed E-state index contributed by atoms with van der Waals surface area (Å²) >= 11 is 0. The molecule has 1 saturated heterocycles. The third-order valence-electron chi connectivity index (χ3n) is 3.62. The van der Waals surface area contributed by atoms with E-state index in [1.165, 1.54) is 0 Å². The average Bonchev–Trinajstić information content (AvgIpc) is 3.04. The van der Waals surface area contributed by atoms with Gasteiger partial charge in [-0.3, -0.25) is 19.7 Å². The molecule has 0 aliphatic carbocycles. The SMILES string of the molecule is CNC(=O)c1ccc(-c2ccc(OC(=O)O)cc2)cc1.O=C1CCC(=O)N1. The Labute approximate surface area is 155 Å². The first-order chi connectivity index (χ1) is 12.9. The zero-order chi connectivity index (χ0) is 19.8. The van der Waals surface area contributed by atoms with Crippen LogP contribution in [0.25, 0.3) is 11.1 Å². The van der Waals surface area contributed by atoms with Crippen LogP contribution in [0.2, 0.25) is 0 Å². The summed E-state index contributed by atoms with van der Waals surface area (Å²) in [6.45, 7) is 0. The predicted octanol–water partition coefficient (Wildman–Crippen LogP) is 2.19. The Balaban J connectivity index is 0.000000313. The zero-order valence-electron chi connectivity index (χ0n) is 14.5. The van der Waals surface area contributed by atoms with Crippen LogP contribution in [0, 0.1) is 0 Å². The molecule has 0 radical (unpaired) electrons. The maximum Gasteiger partial charge on any atom is 0.511 e. The zero-order valence-corrected chi connectivity index (χ0v) is 14.5. The molecule has 0 aromatic heterocycles. The third kappa shape index (κ3) is 5.96. The van der Waals surface area contributed by atoms with Crippen LogP contribution in [-0.4, -0.2) is 36.0 Å². The normalized spacial score (nSPS) is 12.5. The second-order valence-electron chi connectivity index (χ2n) is 5.52. The van der Waals surface area contributed by atoms with Gasteiger partial charge in [-0.15, -0.1) is 0 Å². The van der Waals surface area contributed by atoms with Crippen molar-refractivity contribution in [2.75, 3.05) is 7.05 Å². The molecule has 1 fully saturated rings. The number of carbonyl (C=O) groups excluding carboxylic acids is 3. The van der Waals surface area contributed by atoms with Gasteiger partial charge < -0.3 is 15.2 Å². The molecule has 8 nitrogen and oxygen atoms in total. The van der Waals surface area contributed by atoms with Crippen molar-refractivity contribution in [1.29, 1.82) is 0 Å². The molecule has 0 saturated carbocycles. The lowest BCUT2D eigenvalue weighted by molar-refractivity contribution is -0.124. The molecular formula is C19H18N2O6. The summed E-state index contributed by atoms with van der Waals surface area (Å²) in [6.07, 6.45) is -0.592. The standard InChI is InChI=1S/C15H13NO4.C4H5NO2/c1-16-14(17)12-4-2-10(3-5-12)11-6-8-13(9-7-11)20-15(18)19;6-3-1-2-4(7)5-3/h2-9H,1H3,(H,16,17)(H,18,19);1-2H2,(H,5,6,7). The van der Waals surface area contributed by atoms with Gasteiger partial charge in [-0.2, -0.15) is 0 Å². The summed E-state index contributed by atoms with van der Waals surface area (Å²) in [4.78, 5) is 42.1. The highest BCUT2D eigenvalue weighted by atomic mass is 16.7. The quantitative estimate of drug-likeness (QED) is 0.432. The molecule has 1 aliphatic rings. The molecule has 3 rings (SSSR count). The number of carboxylic acid groups (broad SMARTS) is 1. The van der Waals surface area contributed by atoms with E-state index >= 15 is 0 Å². The van der Waals surface area contributed by atoms with Crippen LogP contribution < -0.4 is 15.4 Å². The Kier molecular flexibility index (Phi) is 6.65. The topological polar surface area (TPSA) is 122 Å². The number of rotatable bonds is 3. The minimum Gasteiger partial charge on any atom is -0.449 e. The fourth-order valence-corrected chi connectivity index (χ4v) is 2.28. The van der Waals surface area contributed by atoms with Gasteiger partial charge in [0.25, 0.3) is 5.91 Å². The first kappa shape index (κ1) is 19.6. The van der Waals surface area contributed by atoms with Gasteiger partial charge in [0.05, 0.1) is 0 Å². The second-order valence-corrected chi connectivity index (χ2v) is 5.52. The molecule has 0 atom stereocenters. The lowest BCUT2D eigenvalue weighted by atomic mass is 10.0. The van der Waals surface area contributed by atoms with Crippen molar-refractivity contribution < 1.29 is 29.0 Å². The largest absolute Gasteiger partial charge is 0.511 e. The summed E-state index contributed by atoms with van der Waals surface area (Å²) in [6, 6.07) is 13.8. The number of ether oxygens (including phenoxy) is 1. The molecule has 1 aliphatic heterocycles. The molecule has 8 heteroatoms. The van der Waals surface area contributed by atoms with E-state index < -0.39 is 6.16 Å². The van der Waals surface area contributed by atoms with Crippen LogP contribution in [0.5, 0.6) is 5.75 Å². The lowest BCUT2D eigenvalue weighted by Gasteiger charge is -2.05. The Morgan fingerprint density at radius 1 is 0.926 bits per heavy atom. The highest BCUT2D eigenvalue weighted by Crippen LogP contribution is 2.23. The highest BCUT2D eigenvalue weighted by Gasteiger charge is 2.15. The van der Waals surface area contributed by atoms with Gasteiger partial charge >= 0.3 is 6.16 Å². The summed E-state index contributed by atoms with van der Waals surface area (Å²) in [7, 11) is 1.58. The Hall–Kier alpha value is -3.68. The van der Waals surface area contributed by atoms with Crippen molar-refractivity contribution in [3.63, 3.8) is 0 Å². The van der Waals surface area contributed by atoms with E-state index in [1.807, 2.05) is 12.1 Å². The Bertz CT molecular complexity index is 830. The molecular weight excluding hydrogens is 352 g/mol. The number of hydrogen-bond donors (Lipinski definition) is 3. The first-order valence-electron chi connectivity index (χ1n) is 8.05. The van der Waals surface area contributed by atoms with Crippen molar-refractivity contribution in [1.82, 2.24) is 10.6 Å². The van der Waals surface area contributed by atoms with Crippen molar-refractivity contribution in [2.24, 2.45) is 0 Å². The number of hydrogen-bond acceptors (Lipinski definition) is 5. The minimum atomic E-state index is -1.34. The predicted molar refractivity (Wildman–Crippen MR) is 96.3 cm³/mol. The number of carbonyl (C=O) groups is 4. The van der Waals surface area contributed by atoms with E-state index in [-0.39, 0.29) is 23.5 Å². The van der Waals surface area contributed by atoms with Crippen molar-refractivity contribution in [2.45, 2.75) is 12.8 Å². The van der Waals surface area contributed by atoms with Gasteiger partial charge in [-0.1, -0.05) is 24.3 Å². The highest BCUT2D eigenvalue weighted by molar-refractivity contribution is 6.01. The van der Waals surface area contributed by atoms with Crippen LogP contribution in [0.15, 0.2) is 48.5 Å². The fraction of sp³-hybridized carbons (Fsp3) is 0.158. The van der Waals surface area contributed by atoms with E-state index in [0.29, 0.717) is 18.4 Å². The van der Waals surface area contributed by atoms with Gasteiger partial charge in [-0.05, 0) is 35.4 Å². The van der Waals surface area contributed by atoms with Crippen LogP contribution in [0.1, 0.15) is 23.2 Å². The van der Waals surface area contributed by atoms with E-state index in [4.69, 9.17) is 5.11 Å². The van der Waals surface area contributed by atoms with Crippen LogP contribution >= 0.6 is 0 Å². The van der Waals surface area contributed by atoms with Gasteiger partial charge in [0, 0.05) is 25.5 Å². The summed E-state index contributed by atoms with van der Waals surface area (Å²) in [5.74, 6) is -0.167. The molecule has 0 spiro atoms. The van der Waals surface area contributed by atoms with E-state index in [1.54, 1.807) is 43.4 Å². The van der Waals surface area contributed by atoms with Crippen molar-refractivity contribution in [3.05, 3.63) is 54.1 Å². The second kappa shape index (κ2) is 9.14. The summed E-state index contributed by atoms with van der Waals surface area (Å²) in [5.41, 5.74) is 2.42. The van der Waals surface area contributed by atoms with Crippen molar-refractivity contribution in [3.8, 4) is 16.9 Å². The van der Waals surface area contributed by atoms with Crippen LogP contribution in [-0.2, 0) is 9.59 Å². The van der Waals surface area contributed by atoms with E-state index in [2.05, 4.69) is 15.4 Å². The number of amides is 3. The van der Waals surface area contributed by atoms with Gasteiger partial charge in [0.15, 0.2) is 0 Å². The van der Waals surface area contributed by atoms with Crippen LogP contribution in [0.4, 0.5) is 4.79 Å². The summed E-state index contributed by atoms with van der Waals surface area (Å²) in [5, 5.41) is 13.2. The lowest BCUT2D eigenvalue weighted by Crippen LogP contribution is -2.18. The molecule has 3 amide bonds. The van der Waals surface area contributed by atoms with Gasteiger partial charge in [0.2, 0.25) is 11.8 Å². The average molecular weight is 370 g/mol. The Morgan fingerprint density at radius 2 is 1.41 bits per heavy atom. The molecule has 2 aromatic carbocycles. The van der Waals surface area contributed by atoms with Crippen molar-refractivity contribution >= 4 is 23.9 Å². The summed E-state index contributed by atoms with van der Waals surface area (Å²) < 4.78 is 4.53. The molecule has 27 heavy (non-hydrogen) atoms. The smallest absolute Gasteiger partial charge is 0.449 e. The monoisotopic (exact) mass is 370 g/mol. The number of imide groups is 1. The minimum absolute atomic E-state index is 0.137. The van der Waals surface area contributed by atoms with E-state index in [0.717, 1.165) is 11.1 Å². The maximum atomic E-state index is 11.4. The van der Waals surface area contributed by atoms with E-state index in [9.17, 15) is 19.2 Å². The van der Waals surface area contributed by atoms with Gasteiger partial charge in [-0.25, -0.2) is 4.79 Å². The number of benzene rings is 2. The molecule has 2 aromatic rings. The third-order valence-corrected chi connectivity index (χ3v) is 3.62. The molecule has 140 valence electrons. The number of nitrogens with one attached hydrogen (secondary N) is 2. The van der Waals surface area contributed by atoms with Gasteiger partial charge in [0.1, 0.15) is 5.75 Å².